The summed E-state index contributed by atoms with van der Waals surface area (Å²) in [6, 6.07) is 4.02. The molecule has 1 fully saturated rings. The first-order valence-corrected chi connectivity index (χ1v) is 7.33. The zero-order valence-corrected chi connectivity index (χ0v) is 12.4. The number of hydrogen-bond acceptors (Lipinski definition) is 3. The molecule has 0 bridgehead atoms. The number of nitrogens with two attached hydrogens (primary N) is 1. The third kappa shape index (κ3) is 4.18. The van der Waals surface area contributed by atoms with E-state index in [2.05, 4.69) is 27.3 Å². The average Bonchev–Trinajstić information content (AvgIpc) is 3.13. The highest BCUT2D eigenvalue weighted by Gasteiger charge is 2.20. The lowest BCUT2D eigenvalue weighted by atomic mass is 10.2. The lowest BCUT2D eigenvalue weighted by Gasteiger charge is -2.11. The zero-order chi connectivity index (χ0) is 13.0. The molecule has 1 aliphatic carbocycles. The van der Waals surface area contributed by atoms with E-state index in [1.54, 1.807) is 0 Å². The lowest BCUT2D eigenvalue weighted by Crippen LogP contribution is -2.07. The van der Waals surface area contributed by atoms with Crippen molar-refractivity contribution in [2.24, 2.45) is 5.92 Å². The van der Waals surface area contributed by atoms with E-state index in [0.717, 1.165) is 53.5 Å². The predicted molar refractivity (Wildman–Crippen MR) is 79.9 cm³/mol. The van der Waals surface area contributed by atoms with Gasteiger partial charge in [-0.25, -0.2) is 0 Å². The van der Waals surface area contributed by atoms with E-state index in [1.807, 2.05) is 13.0 Å². The van der Waals surface area contributed by atoms with Crippen LogP contribution in [0, 0.1) is 12.8 Å². The topological polar surface area (TPSA) is 47.3 Å². The van der Waals surface area contributed by atoms with E-state index in [-0.39, 0.29) is 0 Å². The summed E-state index contributed by atoms with van der Waals surface area (Å²) in [5.41, 5.74) is 8.86. The number of rotatable bonds is 7. The maximum atomic E-state index is 5.84. The lowest BCUT2D eigenvalue weighted by molar-refractivity contribution is 0.124. The Labute approximate surface area is 117 Å². The van der Waals surface area contributed by atoms with Crippen LogP contribution in [-0.4, -0.2) is 19.8 Å². The van der Waals surface area contributed by atoms with Gasteiger partial charge in [0.05, 0.1) is 0 Å². The summed E-state index contributed by atoms with van der Waals surface area (Å²) in [6.07, 6.45) is 3.74. The Balaban J connectivity index is 1.67. The fraction of sp³-hybridized carbons (Fsp3) is 0.571. The monoisotopic (exact) mass is 312 g/mol. The smallest absolute Gasteiger partial charge is 0.0494 e. The van der Waals surface area contributed by atoms with Gasteiger partial charge in [0.1, 0.15) is 0 Å². The summed E-state index contributed by atoms with van der Waals surface area (Å²) in [4.78, 5) is 0. The maximum Gasteiger partial charge on any atom is 0.0494 e. The van der Waals surface area contributed by atoms with Gasteiger partial charge >= 0.3 is 0 Å². The Hall–Kier alpha value is -0.740. The molecule has 0 saturated heterocycles. The van der Waals surface area contributed by atoms with E-state index >= 15 is 0 Å². The summed E-state index contributed by atoms with van der Waals surface area (Å²) >= 11 is 3.52. The highest BCUT2D eigenvalue weighted by Crippen LogP contribution is 2.29. The molecule has 1 aromatic carbocycles. The maximum absolute atomic E-state index is 5.84. The van der Waals surface area contributed by atoms with Crippen LogP contribution < -0.4 is 11.1 Å². The number of hydrogen-bond donors (Lipinski definition) is 2. The normalized spacial score (nSPS) is 14.8. The van der Waals surface area contributed by atoms with Gasteiger partial charge in [-0.15, -0.1) is 0 Å². The average molecular weight is 313 g/mol. The predicted octanol–water partition coefficient (Wildman–Crippen LogP) is 3.57. The SMILES string of the molecule is Cc1cc(NCCCOCC2CC2)c(Br)cc1N. The highest BCUT2D eigenvalue weighted by atomic mass is 79.9. The third-order valence-electron chi connectivity index (χ3n) is 3.19. The Kier molecular flexibility index (Phi) is 4.89. The fourth-order valence-electron chi connectivity index (χ4n) is 1.76. The first kappa shape index (κ1) is 13.7. The molecule has 0 atom stereocenters. The molecule has 4 heteroatoms. The molecular weight excluding hydrogens is 292 g/mol. The number of halogens is 1. The van der Waals surface area contributed by atoms with Gasteiger partial charge in [0.2, 0.25) is 0 Å². The molecule has 0 amide bonds. The van der Waals surface area contributed by atoms with Crippen LogP contribution in [0.2, 0.25) is 0 Å². The van der Waals surface area contributed by atoms with Crippen LogP contribution in [0.1, 0.15) is 24.8 Å². The highest BCUT2D eigenvalue weighted by molar-refractivity contribution is 9.10. The summed E-state index contributed by atoms with van der Waals surface area (Å²) in [5.74, 6) is 0.854. The first-order valence-electron chi connectivity index (χ1n) is 6.54. The van der Waals surface area contributed by atoms with Crippen molar-refractivity contribution >= 4 is 27.3 Å². The summed E-state index contributed by atoms with van der Waals surface area (Å²) < 4.78 is 6.61. The molecule has 0 unspecified atom stereocenters. The molecule has 1 aliphatic rings. The Morgan fingerprint density at radius 1 is 1.44 bits per heavy atom. The van der Waals surface area contributed by atoms with Gasteiger partial charge in [-0.1, -0.05) is 0 Å². The second kappa shape index (κ2) is 6.43. The third-order valence-corrected chi connectivity index (χ3v) is 3.84. The van der Waals surface area contributed by atoms with Crippen molar-refractivity contribution < 1.29 is 4.74 Å². The van der Waals surface area contributed by atoms with Crippen molar-refractivity contribution in [2.45, 2.75) is 26.2 Å². The molecule has 18 heavy (non-hydrogen) atoms. The molecular formula is C14H21BrN2O. The quantitative estimate of drug-likeness (QED) is 0.597. The molecule has 0 heterocycles. The molecule has 3 N–H and O–H groups in total. The first-order chi connectivity index (χ1) is 8.66. The van der Waals surface area contributed by atoms with Crippen LogP contribution in [0.4, 0.5) is 11.4 Å². The number of aryl methyl sites for hydroxylation is 1. The van der Waals surface area contributed by atoms with Crippen LogP contribution in [0.5, 0.6) is 0 Å². The van der Waals surface area contributed by atoms with Crippen LogP contribution in [0.15, 0.2) is 16.6 Å². The Morgan fingerprint density at radius 2 is 2.22 bits per heavy atom. The van der Waals surface area contributed by atoms with E-state index < -0.39 is 0 Å². The van der Waals surface area contributed by atoms with Crippen molar-refractivity contribution in [3.05, 3.63) is 22.2 Å². The van der Waals surface area contributed by atoms with E-state index in [4.69, 9.17) is 10.5 Å². The number of anilines is 2. The molecule has 0 radical (unpaired) electrons. The second-order valence-electron chi connectivity index (χ2n) is 4.99. The fourth-order valence-corrected chi connectivity index (χ4v) is 2.27. The standard InChI is InChI=1S/C14H21BrN2O/c1-10-7-14(12(15)8-13(10)16)17-5-2-6-18-9-11-3-4-11/h7-8,11,17H,2-6,9,16H2,1H3. The van der Waals surface area contributed by atoms with Crippen LogP contribution in [-0.2, 0) is 4.74 Å². The van der Waals surface area contributed by atoms with Gasteiger partial charge in [-0.2, -0.15) is 0 Å². The van der Waals surface area contributed by atoms with Gasteiger partial charge in [-0.3, -0.25) is 0 Å². The van der Waals surface area contributed by atoms with Crippen molar-refractivity contribution in [1.29, 1.82) is 0 Å². The molecule has 0 aromatic heterocycles. The van der Waals surface area contributed by atoms with Gasteiger partial charge < -0.3 is 15.8 Å². The van der Waals surface area contributed by atoms with Crippen LogP contribution in [0.3, 0.4) is 0 Å². The van der Waals surface area contributed by atoms with E-state index in [9.17, 15) is 0 Å². The largest absolute Gasteiger partial charge is 0.398 e. The van der Waals surface area contributed by atoms with Crippen LogP contribution in [0.25, 0.3) is 0 Å². The van der Waals surface area contributed by atoms with E-state index in [1.165, 1.54) is 12.8 Å². The minimum atomic E-state index is 0.820. The second-order valence-corrected chi connectivity index (χ2v) is 5.84. The van der Waals surface area contributed by atoms with Crippen molar-refractivity contribution in [2.75, 3.05) is 30.8 Å². The number of ether oxygens (including phenoxy) is 1. The van der Waals surface area contributed by atoms with Gasteiger partial charge in [0, 0.05) is 35.6 Å². The zero-order valence-electron chi connectivity index (χ0n) is 10.8. The van der Waals surface area contributed by atoms with Crippen molar-refractivity contribution in [3.63, 3.8) is 0 Å². The molecule has 0 aliphatic heterocycles. The molecule has 3 nitrogen and oxygen atoms in total. The molecule has 2 rings (SSSR count). The number of nitrogen functional groups attached to an aromatic ring is 1. The molecule has 1 saturated carbocycles. The Bertz CT molecular complexity index is 405. The number of nitrogens with one attached hydrogen (secondary N) is 1. The molecule has 0 spiro atoms. The Morgan fingerprint density at radius 3 is 2.94 bits per heavy atom. The van der Waals surface area contributed by atoms with Crippen molar-refractivity contribution in [1.82, 2.24) is 0 Å². The van der Waals surface area contributed by atoms with Crippen LogP contribution >= 0.6 is 15.9 Å². The van der Waals surface area contributed by atoms with Gasteiger partial charge in [0.15, 0.2) is 0 Å². The molecule has 1 aromatic rings. The summed E-state index contributed by atoms with van der Waals surface area (Å²) in [7, 11) is 0. The van der Waals surface area contributed by atoms with Gasteiger partial charge in [-0.05, 0) is 65.7 Å². The summed E-state index contributed by atoms with van der Waals surface area (Å²) in [5, 5.41) is 3.40. The minimum Gasteiger partial charge on any atom is -0.398 e. The minimum absolute atomic E-state index is 0.820. The molecule has 100 valence electrons. The van der Waals surface area contributed by atoms with Crippen molar-refractivity contribution in [3.8, 4) is 0 Å². The van der Waals surface area contributed by atoms with E-state index in [0.29, 0.717) is 0 Å². The summed E-state index contributed by atoms with van der Waals surface area (Å²) in [6.45, 7) is 4.73. The number of benzene rings is 1. The van der Waals surface area contributed by atoms with Gasteiger partial charge in [0.25, 0.3) is 0 Å².